The molecule has 10 aromatic carbocycles. The Morgan fingerprint density at radius 2 is 0.633 bits per heavy atom. The molecule has 0 bridgehead atoms. The minimum atomic E-state index is 0.861. The van der Waals surface area contributed by atoms with E-state index in [1.807, 2.05) is 0 Å². The van der Waals surface area contributed by atoms with Crippen LogP contribution in [0, 0.1) is 0 Å². The molecule has 0 saturated heterocycles. The first-order chi connectivity index (χ1) is 29.7. The lowest BCUT2D eigenvalue weighted by Crippen LogP contribution is -2.10. The molecule has 1 aromatic heterocycles. The smallest absolute Gasteiger partial charge is 0.143 e. The van der Waals surface area contributed by atoms with Crippen LogP contribution in [0.2, 0.25) is 0 Å². The van der Waals surface area contributed by atoms with E-state index in [0.29, 0.717) is 0 Å². The Balaban J connectivity index is 1.12. The molecule has 0 N–H and O–H groups in total. The fourth-order valence-electron chi connectivity index (χ4n) is 8.67. The van der Waals surface area contributed by atoms with Crippen LogP contribution in [-0.2, 0) is 0 Å². The van der Waals surface area contributed by atoms with Gasteiger partial charge >= 0.3 is 0 Å². The lowest BCUT2D eigenvalue weighted by Gasteiger charge is -2.27. The van der Waals surface area contributed by atoms with Crippen molar-refractivity contribution < 1.29 is 4.42 Å². The summed E-state index contributed by atoms with van der Waals surface area (Å²) in [5, 5.41) is 4.35. The molecule has 0 aliphatic carbocycles. The fourth-order valence-corrected chi connectivity index (χ4v) is 8.67. The largest absolute Gasteiger partial charge is 0.455 e. The molecule has 0 saturated carbocycles. The van der Waals surface area contributed by atoms with Crippen LogP contribution in [0.15, 0.2) is 241 Å². The predicted octanol–water partition coefficient (Wildman–Crippen LogP) is 16.5. The van der Waals surface area contributed by atoms with Crippen LogP contribution in [-0.4, -0.2) is 0 Å². The molecule has 0 fully saturated rings. The van der Waals surface area contributed by atoms with Gasteiger partial charge in [0.2, 0.25) is 0 Å². The van der Waals surface area contributed by atoms with E-state index in [1.54, 1.807) is 0 Å². The highest BCUT2D eigenvalue weighted by atomic mass is 16.3. The molecule has 11 aromatic rings. The van der Waals surface area contributed by atoms with E-state index < -0.39 is 0 Å². The molecule has 60 heavy (non-hydrogen) atoms. The van der Waals surface area contributed by atoms with Crippen molar-refractivity contribution in [2.75, 3.05) is 4.90 Å². The summed E-state index contributed by atoms with van der Waals surface area (Å²) < 4.78 is 6.97. The van der Waals surface area contributed by atoms with Crippen molar-refractivity contribution in [1.82, 2.24) is 0 Å². The number of benzene rings is 10. The third-order valence-corrected chi connectivity index (χ3v) is 11.7. The highest BCUT2D eigenvalue weighted by molar-refractivity contribution is 6.20. The summed E-state index contributed by atoms with van der Waals surface area (Å²) in [4.78, 5) is 2.39. The molecule has 11 rings (SSSR count). The molecule has 0 amide bonds. The van der Waals surface area contributed by atoms with Crippen molar-refractivity contribution in [1.29, 1.82) is 0 Å². The van der Waals surface area contributed by atoms with Gasteiger partial charge in [0.1, 0.15) is 11.2 Å². The summed E-state index contributed by atoms with van der Waals surface area (Å²) in [5.74, 6) is 0. The van der Waals surface area contributed by atoms with Crippen LogP contribution >= 0.6 is 0 Å². The lowest BCUT2D eigenvalue weighted by molar-refractivity contribution is 0.673. The zero-order chi connectivity index (χ0) is 39.8. The zero-order valence-electron chi connectivity index (χ0n) is 32.9. The van der Waals surface area contributed by atoms with E-state index in [9.17, 15) is 0 Å². The van der Waals surface area contributed by atoms with Crippen LogP contribution in [0.25, 0.3) is 88.3 Å². The monoisotopic (exact) mass is 765 g/mol. The number of hydrogen-bond donors (Lipinski definition) is 0. The molecule has 0 spiro atoms. The van der Waals surface area contributed by atoms with E-state index >= 15 is 0 Å². The maximum atomic E-state index is 6.97. The summed E-state index contributed by atoms with van der Waals surface area (Å²) in [6.45, 7) is 0. The first-order valence-corrected chi connectivity index (χ1v) is 20.5. The number of hydrogen-bond acceptors (Lipinski definition) is 2. The van der Waals surface area contributed by atoms with Gasteiger partial charge in [-0.2, -0.15) is 0 Å². The van der Waals surface area contributed by atoms with Crippen molar-refractivity contribution in [2.24, 2.45) is 0 Å². The first kappa shape index (κ1) is 35.2. The molecule has 0 atom stereocenters. The predicted molar refractivity (Wildman–Crippen MR) is 253 cm³/mol. The summed E-state index contributed by atoms with van der Waals surface area (Å²) in [5.41, 5.74) is 16.7. The molecule has 2 nitrogen and oxygen atoms in total. The average Bonchev–Trinajstić information content (AvgIpc) is 3.70. The molecule has 282 valence electrons. The van der Waals surface area contributed by atoms with Gasteiger partial charge in [0.25, 0.3) is 0 Å². The van der Waals surface area contributed by atoms with Crippen molar-refractivity contribution in [2.45, 2.75) is 0 Å². The SMILES string of the molecule is c1ccc(-c2ccc(-c3cc4oc5c6ccccc6c(N(c6ccc(-c7ccccc7)cc6)c6ccc(-c7ccccc7)cc6)cc5c4cc3-c3ccccc3)cc2)cc1. The van der Waals surface area contributed by atoms with Crippen LogP contribution < -0.4 is 4.90 Å². The Morgan fingerprint density at radius 3 is 1.13 bits per heavy atom. The lowest BCUT2D eigenvalue weighted by atomic mass is 9.91. The van der Waals surface area contributed by atoms with Crippen LogP contribution in [0.1, 0.15) is 0 Å². The van der Waals surface area contributed by atoms with Gasteiger partial charge in [0, 0.05) is 32.9 Å². The minimum Gasteiger partial charge on any atom is -0.455 e. The third kappa shape index (κ3) is 6.41. The normalized spacial score (nSPS) is 11.3. The molecule has 2 heteroatoms. The number of anilines is 3. The molecule has 0 radical (unpaired) electrons. The zero-order valence-corrected chi connectivity index (χ0v) is 32.9. The van der Waals surface area contributed by atoms with E-state index in [0.717, 1.165) is 72.0 Å². The summed E-state index contributed by atoms with van der Waals surface area (Å²) in [6.07, 6.45) is 0. The standard InChI is InChI=1S/C58H39NO/c1-5-15-40(16-6-1)43-25-27-47(28-26-43)53-39-57-54(37-52(53)46-21-11-4-12-22-46)55-38-56(50-23-13-14-24-51(50)58(55)60-57)59(48-33-29-44(30-34-48)41-17-7-2-8-18-41)49-35-31-45(32-36-49)42-19-9-3-10-20-42/h1-39H. The van der Waals surface area contributed by atoms with Crippen molar-refractivity contribution in [3.63, 3.8) is 0 Å². The van der Waals surface area contributed by atoms with E-state index in [2.05, 4.69) is 241 Å². The van der Waals surface area contributed by atoms with Gasteiger partial charge in [0.05, 0.1) is 5.69 Å². The first-order valence-electron chi connectivity index (χ1n) is 20.5. The number of rotatable bonds is 8. The second-order valence-electron chi connectivity index (χ2n) is 15.3. The van der Waals surface area contributed by atoms with E-state index in [4.69, 9.17) is 4.42 Å². The van der Waals surface area contributed by atoms with Gasteiger partial charge in [-0.25, -0.2) is 0 Å². The van der Waals surface area contributed by atoms with Crippen molar-refractivity contribution >= 4 is 49.8 Å². The highest BCUT2D eigenvalue weighted by Crippen LogP contribution is 2.47. The Labute approximate surface area is 349 Å². The summed E-state index contributed by atoms with van der Waals surface area (Å²) in [7, 11) is 0. The third-order valence-electron chi connectivity index (χ3n) is 11.7. The summed E-state index contributed by atoms with van der Waals surface area (Å²) >= 11 is 0. The van der Waals surface area contributed by atoms with Crippen molar-refractivity contribution in [3.8, 4) is 55.6 Å². The Kier molecular flexibility index (Phi) is 8.87. The Bertz CT molecular complexity index is 3160. The average molecular weight is 766 g/mol. The van der Waals surface area contributed by atoms with Gasteiger partial charge in [-0.15, -0.1) is 0 Å². The molecule has 0 unspecified atom stereocenters. The highest BCUT2D eigenvalue weighted by Gasteiger charge is 2.22. The van der Waals surface area contributed by atoms with Gasteiger partial charge in [0.15, 0.2) is 0 Å². The molecular weight excluding hydrogens is 727 g/mol. The van der Waals surface area contributed by atoms with Crippen LogP contribution in [0.3, 0.4) is 0 Å². The van der Waals surface area contributed by atoms with Gasteiger partial charge in [-0.3, -0.25) is 0 Å². The number of fused-ring (bicyclic) bond motifs is 5. The van der Waals surface area contributed by atoms with Crippen LogP contribution in [0.4, 0.5) is 17.1 Å². The minimum absolute atomic E-state index is 0.861. The summed E-state index contributed by atoms with van der Waals surface area (Å²) in [6, 6.07) is 84.7. The molecule has 0 aliphatic rings. The van der Waals surface area contributed by atoms with Crippen molar-refractivity contribution in [3.05, 3.63) is 237 Å². The Morgan fingerprint density at radius 1 is 0.267 bits per heavy atom. The second-order valence-corrected chi connectivity index (χ2v) is 15.3. The van der Waals surface area contributed by atoms with Gasteiger partial charge in [-0.1, -0.05) is 194 Å². The quantitative estimate of drug-likeness (QED) is 0.153. The molecule has 1 heterocycles. The molecular formula is C58H39NO. The maximum absolute atomic E-state index is 6.97. The number of nitrogens with zero attached hydrogens (tertiary/aromatic N) is 1. The van der Waals surface area contributed by atoms with Crippen LogP contribution in [0.5, 0.6) is 0 Å². The topological polar surface area (TPSA) is 16.4 Å². The van der Waals surface area contributed by atoms with E-state index in [-0.39, 0.29) is 0 Å². The number of furan rings is 1. The maximum Gasteiger partial charge on any atom is 0.143 e. The fraction of sp³-hybridized carbons (Fsp3) is 0. The molecule has 0 aliphatic heterocycles. The van der Waals surface area contributed by atoms with E-state index in [1.165, 1.54) is 33.4 Å². The van der Waals surface area contributed by atoms with Gasteiger partial charge in [-0.05, 0) is 98.1 Å². The Hall–Kier alpha value is -7.94. The van der Waals surface area contributed by atoms with Gasteiger partial charge < -0.3 is 9.32 Å². The second kappa shape index (κ2) is 15.1.